The Labute approximate surface area is 246 Å². The van der Waals surface area contributed by atoms with Crippen LogP contribution >= 0.6 is 0 Å². The van der Waals surface area contributed by atoms with Crippen LogP contribution < -0.4 is 26.0 Å². The highest BCUT2D eigenvalue weighted by atomic mass is 16.5. The summed E-state index contributed by atoms with van der Waals surface area (Å²) in [6, 6.07) is 24.5. The van der Waals surface area contributed by atoms with Gasteiger partial charge in [-0.25, -0.2) is 0 Å². The number of carbonyl (C=O) groups is 4. The number of fused-ring (bicyclic) bond motifs is 1. The molecule has 0 aromatic heterocycles. The molecule has 42 heavy (non-hydrogen) atoms. The molecule has 4 N–H and O–H groups in total. The van der Waals surface area contributed by atoms with Crippen molar-refractivity contribution in [3.8, 4) is 5.75 Å². The molecule has 1 unspecified atom stereocenters. The molecule has 3 aromatic carbocycles. The van der Waals surface area contributed by atoms with Gasteiger partial charge in [0, 0.05) is 25.9 Å². The molecule has 1 aliphatic heterocycles. The van der Waals surface area contributed by atoms with E-state index >= 15 is 0 Å². The van der Waals surface area contributed by atoms with Crippen molar-refractivity contribution in [2.75, 3.05) is 19.7 Å². The van der Waals surface area contributed by atoms with Crippen molar-refractivity contribution >= 4 is 23.6 Å². The van der Waals surface area contributed by atoms with Crippen molar-refractivity contribution in [1.82, 2.24) is 21.3 Å². The van der Waals surface area contributed by atoms with Gasteiger partial charge in [-0.2, -0.15) is 0 Å². The van der Waals surface area contributed by atoms with Gasteiger partial charge in [0.1, 0.15) is 17.8 Å². The Morgan fingerprint density at radius 1 is 0.857 bits per heavy atom. The third-order valence-electron chi connectivity index (χ3n) is 7.01. The first-order valence-corrected chi connectivity index (χ1v) is 14.4. The lowest BCUT2D eigenvalue weighted by Gasteiger charge is -2.22. The zero-order chi connectivity index (χ0) is 29.6. The summed E-state index contributed by atoms with van der Waals surface area (Å²) in [4.78, 5) is 52.6. The van der Waals surface area contributed by atoms with E-state index in [0.717, 1.165) is 18.4 Å². The molecule has 220 valence electrons. The van der Waals surface area contributed by atoms with Gasteiger partial charge in [-0.1, -0.05) is 72.8 Å². The summed E-state index contributed by atoms with van der Waals surface area (Å²) in [5.74, 6) is -1.12. The minimum atomic E-state index is -0.956. The topological polar surface area (TPSA) is 126 Å². The Kier molecular flexibility index (Phi) is 11.5. The molecule has 9 heteroatoms. The molecule has 0 saturated carbocycles. The summed E-state index contributed by atoms with van der Waals surface area (Å²) in [6.07, 6.45) is 2.36. The Bertz CT molecular complexity index is 1330. The summed E-state index contributed by atoms with van der Waals surface area (Å²) in [5, 5.41) is 11.4. The Hall–Kier alpha value is -4.66. The smallest absolute Gasteiger partial charge is 0.255 e. The zero-order valence-electron chi connectivity index (χ0n) is 23.6. The SMILES string of the molecule is O=C1CC[C@@H](C(=O)NCCCc2ccccc2)NC(=O)c2ccccc2OCCCNC(=O)C(Cc2ccccc2)N1. The number of aryl methyl sites for hydroxylation is 1. The van der Waals surface area contributed by atoms with Crippen LogP contribution in [0.3, 0.4) is 0 Å². The first-order chi connectivity index (χ1) is 20.5. The summed E-state index contributed by atoms with van der Waals surface area (Å²) < 4.78 is 5.87. The van der Waals surface area contributed by atoms with Gasteiger partial charge in [-0.05, 0) is 48.9 Å². The number of amides is 4. The van der Waals surface area contributed by atoms with Crippen molar-refractivity contribution in [2.24, 2.45) is 0 Å². The summed E-state index contributed by atoms with van der Waals surface area (Å²) in [6.45, 7) is 1.04. The van der Waals surface area contributed by atoms with E-state index in [1.54, 1.807) is 24.3 Å². The molecule has 4 rings (SSSR count). The molecule has 9 nitrogen and oxygen atoms in total. The molecule has 1 heterocycles. The van der Waals surface area contributed by atoms with E-state index in [4.69, 9.17) is 4.74 Å². The second-order valence-electron chi connectivity index (χ2n) is 10.2. The van der Waals surface area contributed by atoms with Crippen LogP contribution in [0.15, 0.2) is 84.9 Å². The van der Waals surface area contributed by atoms with Crippen LogP contribution in [0, 0.1) is 0 Å². The Morgan fingerprint density at radius 2 is 1.55 bits per heavy atom. The number of carbonyl (C=O) groups excluding carboxylic acids is 4. The predicted octanol–water partition coefficient (Wildman–Crippen LogP) is 2.94. The zero-order valence-corrected chi connectivity index (χ0v) is 23.6. The lowest BCUT2D eigenvalue weighted by Crippen LogP contribution is -2.50. The maximum Gasteiger partial charge on any atom is 0.255 e. The maximum absolute atomic E-state index is 13.3. The second kappa shape index (κ2) is 16.0. The fourth-order valence-electron chi connectivity index (χ4n) is 4.75. The van der Waals surface area contributed by atoms with E-state index in [1.807, 2.05) is 60.7 Å². The molecular formula is C33H38N4O5. The molecule has 0 spiro atoms. The van der Waals surface area contributed by atoms with Crippen molar-refractivity contribution in [3.05, 3.63) is 102 Å². The fraction of sp³-hybridized carbons (Fsp3) is 0.333. The number of benzene rings is 3. The molecule has 0 saturated heterocycles. The first-order valence-electron chi connectivity index (χ1n) is 14.4. The fourth-order valence-corrected chi connectivity index (χ4v) is 4.75. The van der Waals surface area contributed by atoms with E-state index < -0.39 is 18.0 Å². The van der Waals surface area contributed by atoms with Crippen molar-refractivity contribution in [2.45, 2.75) is 50.6 Å². The van der Waals surface area contributed by atoms with E-state index in [2.05, 4.69) is 21.3 Å². The Morgan fingerprint density at radius 3 is 2.31 bits per heavy atom. The molecule has 4 amide bonds. The Balaban J connectivity index is 1.46. The monoisotopic (exact) mass is 570 g/mol. The van der Waals surface area contributed by atoms with Gasteiger partial charge in [0.15, 0.2) is 0 Å². The van der Waals surface area contributed by atoms with E-state index in [0.29, 0.717) is 37.2 Å². The minimum absolute atomic E-state index is 0.0564. The number of ether oxygens (including phenoxy) is 1. The first kappa shape index (κ1) is 30.3. The third kappa shape index (κ3) is 9.47. The lowest BCUT2D eigenvalue weighted by atomic mass is 10.0. The average Bonchev–Trinajstić information content (AvgIpc) is 3.01. The number of rotatable bonds is 7. The molecule has 0 fully saturated rings. The normalized spacial score (nSPS) is 18.4. The van der Waals surface area contributed by atoms with Crippen molar-refractivity contribution in [1.29, 1.82) is 0 Å². The summed E-state index contributed by atoms with van der Waals surface area (Å²) in [5.41, 5.74) is 2.38. The molecule has 1 aliphatic rings. The third-order valence-corrected chi connectivity index (χ3v) is 7.01. The molecule has 0 radical (unpaired) electrons. The highest BCUT2D eigenvalue weighted by Crippen LogP contribution is 2.19. The van der Waals surface area contributed by atoms with Gasteiger partial charge < -0.3 is 26.0 Å². The molecule has 3 aromatic rings. The van der Waals surface area contributed by atoms with Crippen LogP contribution in [0.4, 0.5) is 0 Å². The van der Waals surface area contributed by atoms with Crippen LogP contribution in [0.25, 0.3) is 0 Å². The highest BCUT2D eigenvalue weighted by Gasteiger charge is 2.26. The van der Waals surface area contributed by atoms with E-state index in [1.165, 1.54) is 5.56 Å². The molecule has 0 bridgehead atoms. The predicted molar refractivity (Wildman–Crippen MR) is 160 cm³/mol. The number of hydrogen-bond donors (Lipinski definition) is 4. The van der Waals surface area contributed by atoms with Crippen LogP contribution in [0.2, 0.25) is 0 Å². The molecular weight excluding hydrogens is 532 g/mol. The quantitative estimate of drug-likeness (QED) is 0.325. The van der Waals surface area contributed by atoms with Crippen LogP contribution in [-0.2, 0) is 27.2 Å². The van der Waals surface area contributed by atoms with Crippen LogP contribution in [0.1, 0.15) is 47.2 Å². The number of para-hydroxylation sites is 1. The van der Waals surface area contributed by atoms with E-state index in [-0.39, 0.29) is 37.2 Å². The lowest BCUT2D eigenvalue weighted by molar-refractivity contribution is -0.129. The van der Waals surface area contributed by atoms with Gasteiger partial charge >= 0.3 is 0 Å². The van der Waals surface area contributed by atoms with Crippen LogP contribution in [0.5, 0.6) is 5.75 Å². The highest BCUT2D eigenvalue weighted by molar-refractivity contribution is 5.99. The average molecular weight is 571 g/mol. The molecule has 0 aliphatic carbocycles. The van der Waals surface area contributed by atoms with Crippen molar-refractivity contribution in [3.63, 3.8) is 0 Å². The summed E-state index contributed by atoms with van der Waals surface area (Å²) in [7, 11) is 0. The largest absolute Gasteiger partial charge is 0.493 e. The van der Waals surface area contributed by atoms with Crippen molar-refractivity contribution < 1.29 is 23.9 Å². The van der Waals surface area contributed by atoms with Gasteiger partial charge in [0.05, 0.1) is 12.2 Å². The van der Waals surface area contributed by atoms with Gasteiger partial charge in [-0.15, -0.1) is 0 Å². The standard InChI is InChI=1S/C33H38N4O5/c38-30-19-18-27(32(40)34-20-9-15-24-11-3-1-4-12-24)37-31(39)26-16-7-8-17-29(26)42-22-10-21-35-33(41)28(36-30)23-25-13-5-2-6-14-25/h1-8,11-14,16-17,27-28H,9-10,15,18-23H2,(H,34,40)(H,35,41)(H,36,38)(H,37,39)/t27-,28?/m0/s1. The molecule has 2 atom stereocenters. The van der Waals surface area contributed by atoms with Gasteiger partial charge in [-0.3, -0.25) is 19.2 Å². The minimum Gasteiger partial charge on any atom is -0.493 e. The van der Waals surface area contributed by atoms with E-state index in [9.17, 15) is 19.2 Å². The van der Waals surface area contributed by atoms with Crippen LogP contribution in [-0.4, -0.2) is 55.4 Å². The second-order valence-corrected chi connectivity index (χ2v) is 10.2. The number of nitrogens with one attached hydrogen (secondary N) is 4. The maximum atomic E-state index is 13.3. The number of hydrogen-bond acceptors (Lipinski definition) is 5. The van der Waals surface area contributed by atoms with Gasteiger partial charge in [0.2, 0.25) is 17.7 Å². The summed E-state index contributed by atoms with van der Waals surface area (Å²) >= 11 is 0. The van der Waals surface area contributed by atoms with Gasteiger partial charge in [0.25, 0.3) is 5.91 Å².